The summed E-state index contributed by atoms with van der Waals surface area (Å²) in [5.74, 6) is 0.745. The van der Waals surface area contributed by atoms with E-state index in [9.17, 15) is 0 Å². The summed E-state index contributed by atoms with van der Waals surface area (Å²) in [6.45, 7) is 7.61. The second-order valence-electron chi connectivity index (χ2n) is 4.08. The Labute approximate surface area is 69.3 Å². The minimum Gasteiger partial charge on any atom is -0.381 e. The molecule has 0 bridgehead atoms. The molecule has 1 N–H and O–H groups in total. The molecule has 0 aromatic carbocycles. The van der Waals surface area contributed by atoms with Gasteiger partial charge in [-0.15, -0.1) is 0 Å². The molecule has 0 aliphatic carbocycles. The minimum absolute atomic E-state index is 0.394. The van der Waals surface area contributed by atoms with Crippen molar-refractivity contribution in [2.45, 2.75) is 20.3 Å². The van der Waals surface area contributed by atoms with Crippen LogP contribution in [0, 0.1) is 11.3 Å². The number of nitrogens with one attached hydrogen (secondary N) is 1. The van der Waals surface area contributed by atoms with Crippen LogP contribution in [-0.4, -0.2) is 26.8 Å². The molecule has 2 heteroatoms. The van der Waals surface area contributed by atoms with Crippen molar-refractivity contribution in [3.8, 4) is 0 Å². The number of rotatable bonds is 3. The van der Waals surface area contributed by atoms with E-state index in [4.69, 9.17) is 4.74 Å². The molecule has 1 aliphatic heterocycles. The fourth-order valence-corrected chi connectivity index (χ4v) is 1.75. The number of hydrogen-bond donors (Lipinski definition) is 1. The topological polar surface area (TPSA) is 21.3 Å². The molecular weight excluding hydrogens is 138 g/mol. The molecule has 1 atom stereocenters. The molecular formula is C9H19NO. The molecule has 0 unspecified atom stereocenters. The highest BCUT2D eigenvalue weighted by molar-refractivity contribution is 4.82. The van der Waals surface area contributed by atoms with Gasteiger partial charge in [-0.3, -0.25) is 0 Å². The van der Waals surface area contributed by atoms with E-state index >= 15 is 0 Å². The average Bonchev–Trinajstić information content (AvgIpc) is 2.37. The van der Waals surface area contributed by atoms with Gasteiger partial charge in [0.25, 0.3) is 0 Å². The molecule has 1 heterocycles. The van der Waals surface area contributed by atoms with Crippen LogP contribution in [0.3, 0.4) is 0 Å². The maximum Gasteiger partial charge on any atom is 0.0500 e. The van der Waals surface area contributed by atoms with Crippen molar-refractivity contribution in [3.63, 3.8) is 0 Å². The molecule has 1 aliphatic rings. The Bertz CT molecular complexity index is 117. The highest BCUT2D eigenvalue weighted by Gasteiger charge is 2.31. The third kappa shape index (κ3) is 2.17. The summed E-state index contributed by atoms with van der Waals surface area (Å²) >= 11 is 0. The average molecular weight is 157 g/mol. The Morgan fingerprint density at radius 2 is 2.27 bits per heavy atom. The van der Waals surface area contributed by atoms with Crippen molar-refractivity contribution in [3.05, 3.63) is 0 Å². The first-order valence-electron chi connectivity index (χ1n) is 4.39. The standard InChI is InChI=1S/C9H19NO/c1-9(2,7-10-3)8-4-5-11-6-8/h8,10H,4-7H2,1-3H3/t8-/m1/s1. The van der Waals surface area contributed by atoms with Gasteiger partial charge in [0.2, 0.25) is 0 Å². The first kappa shape index (κ1) is 9.01. The summed E-state index contributed by atoms with van der Waals surface area (Å²) < 4.78 is 5.36. The summed E-state index contributed by atoms with van der Waals surface area (Å²) in [6.07, 6.45) is 1.23. The first-order valence-corrected chi connectivity index (χ1v) is 4.39. The van der Waals surface area contributed by atoms with Gasteiger partial charge in [-0.2, -0.15) is 0 Å². The molecule has 0 amide bonds. The van der Waals surface area contributed by atoms with Crippen LogP contribution in [0.2, 0.25) is 0 Å². The summed E-state index contributed by atoms with van der Waals surface area (Å²) in [7, 11) is 2.01. The Balaban J connectivity index is 2.41. The third-order valence-corrected chi connectivity index (χ3v) is 2.67. The fourth-order valence-electron chi connectivity index (χ4n) is 1.75. The van der Waals surface area contributed by atoms with Gasteiger partial charge in [0.1, 0.15) is 0 Å². The summed E-state index contributed by atoms with van der Waals surface area (Å²) in [5, 5.41) is 3.23. The normalized spacial score (nSPS) is 25.9. The van der Waals surface area contributed by atoms with Crippen molar-refractivity contribution >= 4 is 0 Å². The largest absolute Gasteiger partial charge is 0.381 e. The van der Waals surface area contributed by atoms with Gasteiger partial charge in [0.05, 0.1) is 6.61 Å². The van der Waals surface area contributed by atoms with Crippen LogP contribution < -0.4 is 5.32 Å². The summed E-state index contributed by atoms with van der Waals surface area (Å²) in [4.78, 5) is 0. The van der Waals surface area contributed by atoms with Crippen molar-refractivity contribution in [1.29, 1.82) is 0 Å². The Morgan fingerprint density at radius 1 is 1.55 bits per heavy atom. The van der Waals surface area contributed by atoms with Gasteiger partial charge in [0.15, 0.2) is 0 Å². The van der Waals surface area contributed by atoms with Crippen LogP contribution in [-0.2, 0) is 4.74 Å². The lowest BCUT2D eigenvalue weighted by molar-refractivity contribution is 0.142. The molecule has 0 radical (unpaired) electrons. The van der Waals surface area contributed by atoms with Crippen LogP contribution in [0.5, 0.6) is 0 Å². The van der Waals surface area contributed by atoms with E-state index in [0.29, 0.717) is 5.41 Å². The molecule has 1 rings (SSSR count). The number of hydrogen-bond acceptors (Lipinski definition) is 2. The van der Waals surface area contributed by atoms with Crippen LogP contribution >= 0.6 is 0 Å². The SMILES string of the molecule is CNCC(C)(C)[C@@H]1CCOC1. The van der Waals surface area contributed by atoms with E-state index in [1.807, 2.05) is 7.05 Å². The highest BCUT2D eigenvalue weighted by atomic mass is 16.5. The molecule has 0 spiro atoms. The van der Waals surface area contributed by atoms with Gasteiger partial charge in [-0.25, -0.2) is 0 Å². The predicted molar refractivity (Wildman–Crippen MR) is 46.6 cm³/mol. The first-order chi connectivity index (χ1) is 5.17. The van der Waals surface area contributed by atoms with E-state index < -0.39 is 0 Å². The van der Waals surface area contributed by atoms with Crippen LogP contribution in [0.25, 0.3) is 0 Å². The lowest BCUT2D eigenvalue weighted by Crippen LogP contribution is -2.34. The highest BCUT2D eigenvalue weighted by Crippen LogP contribution is 2.32. The van der Waals surface area contributed by atoms with Gasteiger partial charge >= 0.3 is 0 Å². The second kappa shape index (κ2) is 3.55. The van der Waals surface area contributed by atoms with Crippen molar-refractivity contribution in [2.75, 3.05) is 26.8 Å². The quantitative estimate of drug-likeness (QED) is 0.666. The zero-order chi connectivity index (χ0) is 8.32. The predicted octanol–water partition coefficient (Wildman–Crippen LogP) is 1.27. The zero-order valence-electron chi connectivity index (χ0n) is 7.81. The van der Waals surface area contributed by atoms with Gasteiger partial charge < -0.3 is 10.1 Å². The second-order valence-corrected chi connectivity index (χ2v) is 4.08. The van der Waals surface area contributed by atoms with Gasteiger partial charge in [-0.1, -0.05) is 13.8 Å². The maximum absolute atomic E-state index is 5.36. The van der Waals surface area contributed by atoms with Crippen molar-refractivity contribution in [2.24, 2.45) is 11.3 Å². The minimum atomic E-state index is 0.394. The van der Waals surface area contributed by atoms with E-state index in [1.54, 1.807) is 0 Å². The molecule has 1 fully saturated rings. The molecule has 0 aromatic heterocycles. The van der Waals surface area contributed by atoms with Gasteiger partial charge in [-0.05, 0) is 24.8 Å². The van der Waals surface area contributed by atoms with Gasteiger partial charge in [0, 0.05) is 13.2 Å². The van der Waals surface area contributed by atoms with E-state index in [-0.39, 0.29) is 0 Å². The molecule has 0 aromatic rings. The maximum atomic E-state index is 5.36. The Hall–Kier alpha value is -0.0800. The Kier molecular flexibility index (Phi) is 2.90. The molecule has 2 nitrogen and oxygen atoms in total. The van der Waals surface area contributed by atoms with E-state index in [2.05, 4.69) is 19.2 Å². The fraction of sp³-hybridized carbons (Fsp3) is 1.00. The van der Waals surface area contributed by atoms with Crippen molar-refractivity contribution in [1.82, 2.24) is 5.32 Å². The summed E-state index contributed by atoms with van der Waals surface area (Å²) in [6, 6.07) is 0. The number of ether oxygens (including phenoxy) is 1. The lowest BCUT2D eigenvalue weighted by Gasteiger charge is -2.30. The van der Waals surface area contributed by atoms with Crippen molar-refractivity contribution < 1.29 is 4.74 Å². The molecule has 11 heavy (non-hydrogen) atoms. The zero-order valence-corrected chi connectivity index (χ0v) is 7.81. The van der Waals surface area contributed by atoms with Crippen LogP contribution in [0.1, 0.15) is 20.3 Å². The van der Waals surface area contributed by atoms with E-state index in [0.717, 1.165) is 25.7 Å². The van der Waals surface area contributed by atoms with Crippen LogP contribution in [0.15, 0.2) is 0 Å². The molecule has 1 saturated heterocycles. The Morgan fingerprint density at radius 3 is 2.73 bits per heavy atom. The molecule has 66 valence electrons. The van der Waals surface area contributed by atoms with Crippen LogP contribution in [0.4, 0.5) is 0 Å². The van der Waals surface area contributed by atoms with E-state index in [1.165, 1.54) is 6.42 Å². The summed E-state index contributed by atoms with van der Waals surface area (Å²) in [5.41, 5.74) is 0.394. The molecule has 0 saturated carbocycles. The lowest BCUT2D eigenvalue weighted by atomic mass is 9.78. The smallest absolute Gasteiger partial charge is 0.0500 e. The monoisotopic (exact) mass is 157 g/mol. The third-order valence-electron chi connectivity index (χ3n) is 2.67.